The van der Waals surface area contributed by atoms with E-state index in [1.165, 1.54) is 6.42 Å². The molecule has 1 aliphatic rings. The largest absolute Gasteiger partial charge is 0.444 e. The van der Waals surface area contributed by atoms with Crippen molar-refractivity contribution in [2.75, 3.05) is 5.75 Å². The maximum atomic E-state index is 12.6. The number of carbonyl (C=O) groups excluding carboxylic acids is 1. The van der Waals surface area contributed by atoms with Gasteiger partial charge in [-0.15, -0.1) is 0 Å². The average Bonchev–Trinajstić information content (AvgIpc) is 2.58. The van der Waals surface area contributed by atoms with E-state index in [9.17, 15) is 13.2 Å². The summed E-state index contributed by atoms with van der Waals surface area (Å²) in [5, 5.41) is 2.94. The van der Waals surface area contributed by atoms with Gasteiger partial charge in [-0.05, 0) is 58.1 Å². The van der Waals surface area contributed by atoms with Crippen LogP contribution in [-0.4, -0.2) is 31.9 Å². The van der Waals surface area contributed by atoms with E-state index in [0.717, 1.165) is 25.7 Å². The lowest BCUT2D eigenvalue weighted by atomic mass is 9.83. The Hall–Kier alpha value is -1.56. The zero-order valence-electron chi connectivity index (χ0n) is 16.0. The molecule has 1 aromatic carbocycles. The molecule has 0 radical (unpaired) electrons. The van der Waals surface area contributed by atoms with E-state index >= 15 is 0 Å². The number of hydrogen-bond donors (Lipinski definition) is 1. The predicted octanol–water partition coefficient (Wildman–Crippen LogP) is 4.32. The number of nitrogens with one attached hydrogen (secondary N) is 1. The number of carbonyl (C=O) groups is 1. The van der Waals surface area contributed by atoms with Crippen molar-refractivity contribution in [2.45, 2.75) is 75.8 Å². The van der Waals surface area contributed by atoms with E-state index < -0.39 is 21.5 Å². The number of rotatable bonds is 6. The summed E-state index contributed by atoms with van der Waals surface area (Å²) >= 11 is 0. The van der Waals surface area contributed by atoms with Crippen molar-refractivity contribution >= 4 is 15.9 Å². The lowest BCUT2D eigenvalue weighted by Crippen LogP contribution is -2.44. The molecule has 0 bridgehead atoms. The Kier molecular flexibility index (Phi) is 7.09. The van der Waals surface area contributed by atoms with Crippen LogP contribution in [0, 0.1) is 5.92 Å². The number of alkyl carbamates (subject to hydrolysis) is 1. The molecule has 1 aromatic rings. The zero-order chi connectivity index (χ0) is 19.2. The first-order valence-electron chi connectivity index (χ1n) is 9.45. The van der Waals surface area contributed by atoms with Crippen LogP contribution in [-0.2, 0) is 14.6 Å². The van der Waals surface area contributed by atoms with Gasteiger partial charge in [0.2, 0.25) is 0 Å². The lowest BCUT2D eigenvalue weighted by molar-refractivity contribution is 0.0475. The molecule has 0 spiro atoms. The third-order valence-electron chi connectivity index (χ3n) is 4.72. The lowest BCUT2D eigenvalue weighted by Gasteiger charge is -2.31. The molecule has 1 unspecified atom stereocenters. The second-order valence-corrected chi connectivity index (χ2v) is 10.2. The number of ether oxygens (including phenoxy) is 1. The Bertz CT molecular complexity index is 674. The molecule has 146 valence electrons. The van der Waals surface area contributed by atoms with Gasteiger partial charge in [0.15, 0.2) is 9.84 Å². The van der Waals surface area contributed by atoms with Gasteiger partial charge in [-0.2, -0.15) is 0 Å². The summed E-state index contributed by atoms with van der Waals surface area (Å²) in [6.45, 7) is 5.46. The number of sulfone groups is 1. The quantitative estimate of drug-likeness (QED) is 0.796. The highest BCUT2D eigenvalue weighted by atomic mass is 32.2. The van der Waals surface area contributed by atoms with Crippen molar-refractivity contribution in [3.8, 4) is 0 Å². The van der Waals surface area contributed by atoms with Crippen molar-refractivity contribution in [1.82, 2.24) is 5.32 Å². The van der Waals surface area contributed by atoms with Gasteiger partial charge in [0.05, 0.1) is 10.6 Å². The first-order valence-corrected chi connectivity index (χ1v) is 11.1. The third-order valence-corrected chi connectivity index (χ3v) is 6.48. The molecular formula is C20H31NO4S. The number of benzene rings is 1. The molecular weight excluding hydrogens is 350 g/mol. The molecule has 1 saturated carbocycles. The monoisotopic (exact) mass is 381 g/mol. The molecule has 1 amide bonds. The topological polar surface area (TPSA) is 72.5 Å². The zero-order valence-corrected chi connectivity index (χ0v) is 16.8. The van der Waals surface area contributed by atoms with Crippen molar-refractivity contribution in [1.29, 1.82) is 0 Å². The van der Waals surface area contributed by atoms with E-state index in [0.29, 0.717) is 17.2 Å². The van der Waals surface area contributed by atoms with Gasteiger partial charge in [0.1, 0.15) is 5.60 Å². The highest BCUT2D eigenvalue weighted by molar-refractivity contribution is 7.91. The van der Waals surface area contributed by atoms with Crippen molar-refractivity contribution in [3.05, 3.63) is 30.3 Å². The highest BCUT2D eigenvalue weighted by Crippen LogP contribution is 2.28. The Morgan fingerprint density at radius 2 is 1.77 bits per heavy atom. The van der Waals surface area contributed by atoms with Crippen LogP contribution in [0.2, 0.25) is 0 Å². The van der Waals surface area contributed by atoms with Gasteiger partial charge < -0.3 is 10.1 Å². The normalized spacial score (nSPS) is 17.5. The van der Waals surface area contributed by atoms with Gasteiger partial charge in [0, 0.05) is 6.04 Å². The Morgan fingerprint density at radius 1 is 1.15 bits per heavy atom. The maximum Gasteiger partial charge on any atom is 0.407 e. The van der Waals surface area contributed by atoms with Crippen LogP contribution < -0.4 is 5.32 Å². The molecule has 1 N–H and O–H groups in total. The van der Waals surface area contributed by atoms with Gasteiger partial charge in [-0.1, -0.05) is 37.5 Å². The minimum Gasteiger partial charge on any atom is -0.444 e. The molecule has 1 atom stereocenters. The molecule has 1 fully saturated rings. The second-order valence-electron chi connectivity index (χ2n) is 8.07. The van der Waals surface area contributed by atoms with Crippen LogP contribution in [0.5, 0.6) is 0 Å². The smallest absolute Gasteiger partial charge is 0.407 e. The van der Waals surface area contributed by atoms with Crippen molar-refractivity contribution in [3.63, 3.8) is 0 Å². The minimum atomic E-state index is -3.36. The van der Waals surface area contributed by atoms with Gasteiger partial charge in [0.25, 0.3) is 0 Å². The van der Waals surface area contributed by atoms with Gasteiger partial charge in [-0.25, -0.2) is 13.2 Å². The van der Waals surface area contributed by atoms with Crippen LogP contribution in [0.25, 0.3) is 0 Å². The van der Waals surface area contributed by atoms with E-state index in [1.54, 1.807) is 30.3 Å². The molecule has 5 nitrogen and oxygen atoms in total. The van der Waals surface area contributed by atoms with Crippen molar-refractivity contribution in [2.24, 2.45) is 5.92 Å². The molecule has 2 rings (SSSR count). The summed E-state index contributed by atoms with van der Waals surface area (Å²) in [6.07, 6.45) is 5.44. The fraction of sp³-hybridized carbons (Fsp3) is 0.650. The standard InChI is InChI=1S/C20H31NO4S/c1-20(2,3)25-19(22)21-18(16-10-6-4-7-11-16)14-15-26(23,24)17-12-8-5-9-13-17/h5,8-9,12-13,16,18H,4,6-7,10-11,14-15H2,1-3H3,(H,21,22). The van der Waals surface area contributed by atoms with Crippen LogP contribution in [0.15, 0.2) is 35.2 Å². The summed E-state index contributed by atoms with van der Waals surface area (Å²) in [4.78, 5) is 12.6. The number of amides is 1. The van der Waals surface area contributed by atoms with Crippen LogP contribution >= 0.6 is 0 Å². The summed E-state index contributed by atoms with van der Waals surface area (Å²) in [6, 6.07) is 8.31. The Morgan fingerprint density at radius 3 is 2.35 bits per heavy atom. The molecule has 0 aliphatic heterocycles. The number of hydrogen-bond acceptors (Lipinski definition) is 4. The molecule has 0 saturated heterocycles. The molecule has 1 aliphatic carbocycles. The van der Waals surface area contributed by atoms with E-state index in [-0.39, 0.29) is 11.8 Å². The van der Waals surface area contributed by atoms with Crippen LogP contribution in [0.4, 0.5) is 4.79 Å². The summed E-state index contributed by atoms with van der Waals surface area (Å²) in [5.74, 6) is 0.329. The summed E-state index contributed by atoms with van der Waals surface area (Å²) in [5.41, 5.74) is -0.572. The van der Waals surface area contributed by atoms with E-state index in [1.807, 2.05) is 20.8 Å². The first kappa shape index (κ1) is 20.7. The Balaban J connectivity index is 2.05. The molecule has 6 heteroatoms. The minimum absolute atomic E-state index is 0.0218. The first-order chi connectivity index (χ1) is 12.2. The fourth-order valence-electron chi connectivity index (χ4n) is 3.45. The predicted molar refractivity (Wildman–Crippen MR) is 103 cm³/mol. The van der Waals surface area contributed by atoms with Crippen LogP contribution in [0.1, 0.15) is 59.3 Å². The molecule has 0 aromatic heterocycles. The SMILES string of the molecule is CC(C)(C)OC(=O)NC(CCS(=O)(=O)c1ccccc1)C1CCCCC1. The summed E-state index contributed by atoms with van der Waals surface area (Å²) < 4.78 is 30.6. The van der Waals surface area contributed by atoms with E-state index in [2.05, 4.69) is 5.32 Å². The second kappa shape index (κ2) is 8.89. The van der Waals surface area contributed by atoms with E-state index in [4.69, 9.17) is 4.74 Å². The average molecular weight is 382 g/mol. The van der Waals surface area contributed by atoms with Crippen molar-refractivity contribution < 1.29 is 17.9 Å². The van der Waals surface area contributed by atoms with Gasteiger partial charge in [-0.3, -0.25) is 0 Å². The fourth-order valence-corrected chi connectivity index (χ4v) is 4.82. The molecule has 0 heterocycles. The van der Waals surface area contributed by atoms with Crippen LogP contribution in [0.3, 0.4) is 0 Å². The molecule has 26 heavy (non-hydrogen) atoms. The Labute approximate surface area is 157 Å². The van der Waals surface area contributed by atoms with Gasteiger partial charge >= 0.3 is 6.09 Å². The highest BCUT2D eigenvalue weighted by Gasteiger charge is 2.29. The summed E-state index contributed by atoms with van der Waals surface area (Å²) in [7, 11) is -3.36. The third kappa shape index (κ3) is 6.63. The maximum absolute atomic E-state index is 12.6.